The van der Waals surface area contributed by atoms with Crippen molar-refractivity contribution in [2.75, 3.05) is 6.54 Å². The number of aryl methyl sites for hydroxylation is 1. The lowest BCUT2D eigenvalue weighted by atomic mass is 10.2. The highest BCUT2D eigenvalue weighted by molar-refractivity contribution is 6.33. The third-order valence-electron chi connectivity index (χ3n) is 2.82. The number of nitrogens with zero attached hydrogens (tertiary/aromatic N) is 3. The van der Waals surface area contributed by atoms with Crippen molar-refractivity contribution in [1.82, 2.24) is 15.1 Å². The second kappa shape index (κ2) is 6.85. The highest BCUT2D eigenvalue weighted by Crippen LogP contribution is 2.24. The molecule has 0 aliphatic carbocycles. The van der Waals surface area contributed by atoms with Gasteiger partial charge < -0.3 is 5.32 Å². The van der Waals surface area contributed by atoms with E-state index in [-0.39, 0.29) is 16.6 Å². The van der Waals surface area contributed by atoms with Gasteiger partial charge in [-0.05, 0) is 24.6 Å². The molecule has 0 aliphatic rings. The summed E-state index contributed by atoms with van der Waals surface area (Å²) in [4.78, 5) is 21.9. The van der Waals surface area contributed by atoms with Crippen molar-refractivity contribution >= 4 is 23.2 Å². The molecular formula is C13H13ClN4O3. The van der Waals surface area contributed by atoms with Gasteiger partial charge in [-0.25, -0.2) is 0 Å². The third kappa shape index (κ3) is 4.03. The topological polar surface area (TPSA) is 90.1 Å². The highest BCUT2D eigenvalue weighted by atomic mass is 35.5. The van der Waals surface area contributed by atoms with Gasteiger partial charge in [-0.15, -0.1) is 0 Å². The SMILES string of the molecule is O=C(NCCCn1cccn1)c1ccc([N+](=O)[O-])c(Cl)c1. The first-order valence-electron chi connectivity index (χ1n) is 6.27. The number of hydrogen-bond donors (Lipinski definition) is 1. The van der Waals surface area contributed by atoms with Crippen LogP contribution in [-0.4, -0.2) is 27.2 Å². The van der Waals surface area contributed by atoms with E-state index in [0.717, 1.165) is 6.42 Å². The first-order chi connectivity index (χ1) is 10.1. The number of carbonyl (C=O) groups excluding carboxylic acids is 1. The molecule has 1 N–H and O–H groups in total. The summed E-state index contributed by atoms with van der Waals surface area (Å²) >= 11 is 5.76. The van der Waals surface area contributed by atoms with Crippen molar-refractivity contribution in [3.8, 4) is 0 Å². The lowest BCUT2D eigenvalue weighted by Gasteiger charge is -2.06. The molecule has 2 rings (SSSR count). The van der Waals surface area contributed by atoms with Gasteiger partial charge in [0, 0.05) is 37.1 Å². The van der Waals surface area contributed by atoms with E-state index in [1.807, 2.05) is 12.3 Å². The Bertz CT molecular complexity index is 643. The number of nitrogens with one attached hydrogen (secondary N) is 1. The Morgan fingerprint density at radius 2 is 2.29 bits per heavy atom. The zero-order valence-electron chi connectivity index (χ0n) is 11.0. The summed E-state index contributed by atoms with van der Waals surface area (Å²) in [6.45, 7) is 1.18. The quantitative estimate of drug-likeness (QED) is 0.503. The van der Waals surface area contributed by atoms with Gasteiger partial charge in [0.15, 0.2) is 0 Å². The minimum Gasteiger partial charge on any atom is -0.352 e. The second-order valence-corrected chi connectivity index (χ2v) is 4.71. The molecule has 0 aliphatic heterocycles. The highest BCUT2D eigenvalue weighted by Gasteiger charge is 2.14. The molecule has 0 bridgehead atoms. The zero-order chi connectivity index (χ0) is 15.2. The largest absolute Gasteiger partial charge is 0.352 e. The molecule has 0 spiro atoms. The minimum absolute atomic E-state index is 0.0517. The Hall–Kier alpha value is -2.41. The van der Waals surface area contributed by atoms with Crippen LogP contribution in [0.4, 0.5) is 5.69 Å². The Morgan fingerprint density at radius 1 is 1.48 bits per heavy atom. The Balaban J connectivity index is 1.85. The first kappa shape index (κ1) is 15.0. The lowest BCUT2D eigenvalue weighted by molar-refractivity contribution is -0.384. The Kier molecular flexibility index (Phi) is 4.89. The molecule has 1 aromatic heterocycles. The molecule has 1 aromatic carbocycles. The maximum atomic E-state index is 11.9. The summed E-state index contributed by atoms with van der Waals surface area (Å²) in [6.07, 6.45) is 4.27. The normalized spacial score (nSPS) is 10.3. The van der Waals surface area contributed by atoms with Crippen LogP contribution in [0.3, 0.4) is 0 Å². The fraction of sp³-hybridized carbons (Fsp3) is 0.231. The average molecular weight is 309 g/mol. The van der Waals surface area contributed by atoms with Crippen molar-refractivity contribution in [1.29, 1.82) is 0 Å². The van der Waals surface area contributed by atoms with Crippen LogP contribution < -0.4 is 5.32 Å². The monoisotopic (exact) mass is 308 g/mol. The van der Waals surface area contributed by atoms with Crippen molar-refractivity contribution in [2.24, 2.45) is 0 Å². The Labute approximate surface area is 125 Å². The molecule has 8 heteroatoms. The van der Waals surface area contributed by atoms with Crippen molar-refractivity contribution in [3.63, 3.8) is 0 Å². The summed E-state index contributed by atoms with van der Waals surface area (Å²) in [6, 6.07) is 5.73. The molecule has 1 amide bonds. The number of nitro groups is 1. The smallest absolute Gasteiger partial charge is 0.287 e. The van der Waals surface area contributed by atoms with Crippen LogP contribution in [0.1, 0.15) is 16.8 Å². The van der Waals surface area contributed by atoms with Gasteiger partial charge in [0.05, 0.1) is 4.92 Å². The van der Waals surface area contributed by atoms with Crippen molar-refractivity contribution < 1.29 is 9.72 Å². The van der Waals surface area contributed by atoms with Crippen LogP contribution >= 0.6 is 11.6 Å². The molecule has 0 saturated carbocycles. The van der Waals surface area contributed by atoms with Gasteiger partial charge in [0.1, 0.15) is 5.02 Å². The second-order valence-electron chi connectivity index (χ2n) is 4.30. The predicted octanol–water partition coefficient (Wildman–Crippen LogP) is 2.26. The Morgan fingerprint density at radius 3 is 2.90 bits per heavy atom. The zero-order valence-corrected chi connectivity index (χ0v) is 11.8. The van der Waals surface area contributed by atoms with E-state index >= 15 is 0 Å². The van der Waals surface area contributed by atoms with E-state index in [1.165, 1.54) is 18.2 Å². The predicted molar refractivity (Wildman–Crippen MR) is 77.3 cm³/mol. The maximum absolute atomic E-state index is 11.9. The van der Waals surface area contributed by atoms with Crippen LogP contribution in [-0.2, 0) is 6.54 Å². The van der Waals surface area contributed by atoms with E-state index in [2.05, 4.69) is 10.4 Å². The molecular weight excluding hydrogens is 296 g/mol. The van der Waals surface area contributed by atoms with E-state index < -0.39 is 4.92 Å². The molecule has 0 unspecified atom stereocenters. The number of nitro benzene ring substituents is 1. The summed E-state index contributed by atoms with van der Waals surface area (Å²) in [7, 11) is 0. The number of amides is 1. The van der Waals surface area contributed by atoms with Crippen LogP contribution in [0, 0.1) is 10.1 Å². The number of rotatable bonds is 6. The number of aromatic nitrogens is 2. The van der Waals surface area contributed by atoms with Crippen LogP contribution in [0.15, 0.2) is 36.7 Å². The van der Waals surface area contributed by atoms with E-state index in [4.69, 9.17) is 11.6 Å². The summed E-state index contributed by atoms with van der Waals surface area (Å²) in [5.74, 6) is -0.313. The third-order valence-corrected chi connectivity index (χ3v) is 3.12. The fourth-order valence-electron chi connectivity index (χ4n) is 1.77. The number of carbonyl (C=O) groups is 1. The molecule has 1 heterocycles. The number of hydrogen-bond acceptors (Lipinski definition) is 4. The van der Waals surface area contributed by atoms with Crippen LogP contribution in [0.25, 0.3) is 0 Å². The molecule has 0 fully saturated rings. The van der Waals surface area contributed by atoms with Crippen LogP contribution in [0.5, 0.6) is 0 Å². The van der Waals surface area contributed by atoms with Gasteiger partial charge in [0.25, 0.3) is 11.6 Å². The van der Waals surface area contributed by atoms with Crippen molar-refractivity contribution in [3.05, 3.63) is 57.4 Å². The summed E-state index contributed by atoms with van der Waals surface area (Å²) < 4.78 is 1.77. The number of benzene rings is 1. The van der Waals surface area contributed by atoms with Gasteiger partial charge in [-0.3, -0.25) is 19.6 Å². The standard InChI is InChI=1S/C13H13ClN4O3/c14-11-9-10(3-4-12(11)18(20)21)13(19)15-5-1-7-17-8-2-6-16-17/h2-4,6,8-9H,1,5,7H2,(H,15,19). The molecule has 110 valence electrons. The maximum Gasteiger partial charge on any atom is 0.287 e. The van der Waals surface area contributed by atoms with Gasteiger partial charge in [-0.2, -0.15) is 5.10 Å². The first-order valence-corrected chi connectivity index (χ1v) is 6.65. The molecule has 7 nitrogen and oxygen atoms in total. The van der Waals surface area contributed by atoms with E-state index in [1.54, 1.807) is 10.9 Å². The van der Waals surface area contributed by atoms with Gasteiger partial charge in [0.2, 0.25) is 0 Å². The minimum atomic E-state index is -0.589. The summed E-state index contributed by atoms with van der Waals surface area (Å²) in [5.41, 5.74) is 0.0802. The molecule has 0 saturated heterocycles. The van der Waals surface area contributed by atoms with Gasteiger partial charge >= 0.3 is 0 Å². The van der Waals surface area contributed by atoms with E-state index in [9.17, 15) is 14.9 Å². The number of halogens is 1. The molecule has 0 atom stereocenters. The van der Waals surface area contributed by atoms with Crippen LogP contribution in [0.2, 0.25) is 5.02 Å². The summed E-state index contributed by atoms with van der Waals surface area (Å²) in [5, 5.41) is 17.4. The average Bonchev–Trinajstić information content (AvgIpc) is 2.96. The molecule has 0 radical (unpaired) electrons. The van der Waals surface area contributed by atoms with E-state index in [0.29, 0.717) is 18.7 Å². The molecule has 2 aromatic rings. The fourth-order valence-corrected chi connectivity index (χ4v) is 2.02. The molecule has 21 heavy (non-hydrogen) atoms. The van der Waals surface area contributed by atoms with Crippen molar-refractivity contribution in [2.45, 2.75) is 13.0 Å². The lowest BCUT2D eigenvalue weighted by Crippen LogP contribution is -2.25. The van der Waals surface area contributed by atoms with Gasteiger partial charge in [-0.1, -0.05) is 11.6 Å².